The quantitative estimate of drug-likeness (QED) is 0.732. The first kappa shape index (κ1) is 17.6. The Hall–Kier alpha value is -2.44. The molecule has 0 unspecified atom stereocenters. The van der Waals surface area contributed by atoms with Crippen molar-refractivity contribution in [1.82, 2.24) is 10.6 Å². The van der Waals surface area contributed by atoms with Crippen molar-refractivity contribution in [2.45, 2.75) is 13.8 Å². The summed E-state index contributed by atoms with van der Waals surface area (Å²) in [5, 5.41) is 4.88. The number of ether oxygens (including phenoxy) is 1. The molecule has 7 heteroatoms. The van der Waals surface area contributed by atoms with Crippen LogP contribution in [0.5, 0.6) is 0 Å². The van der Waals surface area contributed by atoms with Crippen LogP contribution in [0.2, 0.25) is 0 Å². The molecule has 6 nitrogen and oxygen atoms in total. The Kier molecular flexibility index (Phi) is 7.01. The Morgan fingerprint density at radius 3 is 2.59 bits per heavy atom. The minimum Gasteiger partial charge on any atom is -0.454 e. The van der Waals surface area contributed by atoms with E-state index in [0.717, 1.165) is 6.07 Å². The Balaban J connectivity index is 2.28. The first-order valence-corrected chi connectivity index (χ1v) is 6.84. The van der Waals surface area contributed by atoms with Gasteiger partial charge in [-0.2, -0.15) is 0 Å². The van der Waals surface area contributed by atoms with Crippen LogP contribution in [0.1, 0.15) is 24.2 Å². The smallest absolute Gasteiger partial charge is 0.325 e. The minimum absolute atomic E-state index is 0.0995. The lowest BCUT2D eigenvalue weighted by Gasteiger charge is -2.09. The molecule has 1 aromatic rings. The summed E-state index contributed by atoms with van der Waals surface area (Å²) in [5.74, 6) is -1.99. The second kappa shape index (κ2) is 8.76. The van der Waals surface area contributed by atoms with Crippen LogP contribution in [0.4, 0.5) is 4.39 Å². The van der Waals surface area contributed by atoms with Crippen molar-refractivity contribution in [3.8, 4) is 0 Å². The van der Waals surface area contributed by atoms with Gasteiger partial charge in [0.05, 0.1) is 0 Å². The van der Waals surface area contributed by atoms with Crippen LogP contribution in [0, 0.1) is 11.7 Å². The molecule has 0 spiro atoms. The molecule has 2 amide bonds. The molecule has 0 aliphatic carbocycles. The van der Waals surface area contributed by atoms with Gasteiger partial charge in [-0.15, -0.1) is 0 Å². The maximum absolute atomic E-state index is 12.9. The molecule has 1 rings (SSSR count). The molecule has 22 heavy (non-hydrogen) atoms. The fraction of sp³-hybridized carbons (Fsp3) is 0.400. The summed E-state index contributed by atoms with van der Waals surface area (Å²) < 4.78 is 17.7. The van der Waals surface area contributed by atoms with E-state index in [1.807, 2.05) is 13.8 Å². The number of rotatable bonds is 7. The Morgan fingerprint density at radius 1 is 1.23 bits per heavy atom. The van der Waals surface area contributed by atoms with Crippen LogP contribution in [0.25, 0.3) is 0 Å². The molecule has 0 radical (unpaired) electrons. The second-order valence-corrected chi connectivity index (χ2v) is 5.05. The van der Waals surface area contributed by atoms with Crippen molar-refractivity contribution >= 4 is 17.8 Å². The predicted molar refractivity (Wildman–Crippen MR) is 77.5 cm³/mol. The third-order valence-corrected chi connectivity index (χ3v) is 2.55. The van der Waals surface area contributed by atoms with E-state index in [1.54, 1.807) is 0 Å². The van der Waals surface area contributed by atoms with Gasteiger partial charge in [0.1, 0.15) is 12.4 Å². The molecular formula is C15H19FN2O4. The van der Waals surface area contributed by atoms with E-state index in [1.165, 1.54) is 18.2 Å². The molecule has 0 aliphatic heterocycles. The van der Waals surface area contributed by atoms with Crippen molar-refractivity contribution in [1.29, 1.82) is 0 Å². The van der Waals surface area contributed by atoms with E-state index in [-0.39, 0.29) is 5.56 Å². The van der Waals surface area contributed by atoms with Gasteiger partial charge in [0.2, 0.25) is 0 Å². The lowest BCUT2D eigenvalue weighted by molar-refractivity contribution is -0.147. The summed E-state index contributed by atoms with van der Waals surface area (Å²) in [6.45, 7) is 3.57. The van der Waals surface area contributed by atoms with Gasteiger partial charge in [0, 0.05) is 12.1 Å². The molecule has 120 valence electrons. The highest BCUT2D eigenvalue weighted by Gasteiger charge is 2.11. The van der Waals surface area contributed by atoms with E-state index in [4.69, 9.17) is 4.74 Å². The highest BCUT2D eigenvalue weighted by Crippen LogP contribution is 2.02. The average Bonchev–Trinajstić information content (AvgIpc) is 2.48. The first-order chi connectivity index (χ1) is 10.4. The molecule has 2 N–H and O–H groups in total. The van der Waals surface area contributed by atoms with Crippen LogP contribution >= 0.6 is 0 Å². The molecule has 0 fully saturated rings. The molecular weight excluding hydrogens is 291 g/mol. The summed E-state index contributed by atoms with van der Waals surface area (Å²) in [5.41, 5.74) is 0.0995. The summed E-state index contributed by atoms with van der Waals surface area (Å²) in [4.78, 5) is 34.4. The zero-order valence-electron chi connectivity index (χ0n) is 12.5. The molecule has 0 aromatic heterocycles. The monoisotopic (exact) mass is 310 g/mol. The predicted octanol–water partition coefficient (Wildman–Crippen LogP) is 0.871. The molecule has 0 aliphatic rings. The SMILES string of the molecule is CC(C)CNC(=O)COC(=O)CNC(=O)c1cccc(F)c1. The first-order valence-electron chi connectivity index (χ1n) is 6.84. The van der Waals surface area contributed by atoms with Crippen molar-refractivity contribution in [3.05, 3.63) is 35.6 Å². The number of amides is 2. The van der Waals surface area contributed by atoms with E-state index < -0.39 is 36.8 Å². The Bertz CT molecular complexity index is 546. The van der Waals surface area contributed by atoms with Crippen molar-refractivity contribution in [3.63, 3.8) is 0 Å². The number of hydrogen-bond acceptors (Lipinski definition) is 4. The van der Waals surface area contributed by atoms with Crippen molar-refractivity contribution in [2.24, 2.45) is 5.92 Å². The number of esters is 1. The number of benzene rings is 1. The van der Waals surface area contributed by atoms with Crippen LogP contribution in [-0.4, -0.2) is 37.5 Å². The van der Waals surface area contributed by atoms with Crippen LogP contribution in [-0.2, 0) is 14.3 Å². The van der Waals surface area contributed by atoms with Crippen LogP contribution < -0.4 is 10.6 Å². The number of nitrogens with one attached hydrogen (secondary N) is 2. The highest BCUT2D eigenvalue weighted by molar-refractivity contribution is 5.96. The van der Waals surface area contributed by atoms with Gasteiger partial charge < -0.3 is 15.4 Å². The number of hydrogen-bond donors (Lipinski definition) is 2. The summed E-state index contributed by atoms with van der Waals surface area (Å²) in [6.07, 6.45) is 0. The molecule has 1 aromatic carbocycles. The number of halogens is 1. The fourth-order valence-corrected chi connectivity index (χ4v) is 1.45. The summed E-state index contributed by atoms with van der Waals surface area (Å²) in [6, 6.07) is 5.07. The van der Waals surface area contributed by atoms with Gasteiger partial charge in [-0.3, -0.25) is 14.4 Å². The standard InChI is InChI=1S/C15H19FN2O4/c1-10(2)7-17-13(19)9-22-14(20)8-18-15(21)11-4-3-5-12(16)6-11/h3-6,10H,7-9H2,1-2H3,(H,17,19)(H,18,21). The maximum Gasteiger partial charge on any atom is 0.325 e. The molecule has 0 heterocycles. The van der Waals surface area contributed by atoms with E-state index in [2.05, 4.69) is 10.6 Å². The Morgan fingerprint density at radius 2 is 1.95 bits per heavy atom. The zero-order valence-corrected chi connectivity index (χ0v) is 12.5. The van der Waals surface area contributed by atoms with Gasteiger partial charge in [-0.1, -0.05) is 19.9 Å². The highest BCUT2D eigenvalue weighted by atomic mass is 19.1. The van der Waals surface area contributed by atoms with Gasteiger partial charge in [-0.05, 0) is 24.1 Å². The second-order valence-electron chi connectivity index (χ2n) is 5.05. The maximum atomic E-state index is 12.9. The third kappa shape index (κ3) is 6.83. The van der Waals surface area contributed by atoms with Gasteiger partial charge >= 0.3 is 5.97 Å². The lowest BCUT2D eigenvalue weighted by Crippen LogP contribution is -2.35. The summed E-state index contributed by atoms with van der Waals surface area (Å²) >= 11 is 0. The van der Waals surface area contributed by atoms with Gasteiger partial charge in [0.15, 0.2) is 6.61 Å². The lowest BCUT2D eigenvalue weighted by atomic mass is 10.2. The third-order valence-electron chi connectivity index (χ3n) is 2.55. The zero-order chi connectivity index (χ0) is 16.5. The molecule has 0 bridgehead atoms. The van der Waals surface area contributed by atoms with E-state index >= 15 is 0 Å². The normalized spacial score (nSPS) is 10.2. The largest absolute Gasteiger partial charge is 0.454 e. The van der Waals surface area contributed by atoms with Crippen molar-refractivity contribution in [2.75, 3.05) is 19.7 Å². The van der Waals surface area contributed by atoms with Gasteiger partial charge in [-0.25, -0.2) is 4.39 Å². The fourth-order valence-electron chi connectivity index (χ4n) is 1.45. The molecule has 0 saturated heterocycles. The van der Waals surface area contributed by atoms with Crippen LogP contribution in [0.15, 0.2) is 24.3 Å². The number of carbonyl (C=O) groups excluding carboxylic acids is 3. The topological polar surface area (TPSA) is 84.5 Å². The van der Waals surface area contributed by atoms with E-state index in [9.17, 15) is 18.8 Å². The number of carbonyl (C=O) groups is 3. The van der Waals surface area contributed by atoms with Crippen LogP contribution in [0.3, 0.4) is 0 Å². The van der Waals surface area contributed by atoms with Crippen molar-refractivity contribution < 1.29 is 23.5 Å². The molecule has 0 atom stereocenters. The molecule has 0 saturated carbocycles. The van der Waals surface area contributed by atoms with Gasteiger partial charge in [0.25, 0.3) is 11.8 Å². The Labute approximate surface area is 128 Å². The average molecular weight is 310 g/mol. The minimum atomic E-state index is -0.746. The summed E-state index contributed by atoms with van der Waals surface area (Å²) in [7, 11) is 0. The van der Waals surface area contributed by atoms with E-state index in [0.29, 0.717) is 12.5 Å².